The number of nitrogens with zero attached hydrogens (tertiary/aromatic N) is 1. The lowest BCUT2D eigenvalue weighted by Gasteiger charge is -2.05. The van der Waals surface area contributed by atoms with Gasteiger partial charge in [-0.3, -0.25) is 10.2 Å². The van der Waals surface area contributed by atoms with Gasteiger partial charge in [0.1, 0.15) is 0 Å². The van der Waals surface area contributed by atoms with Crippen molar-refractivity contribution >= 4 is 16.8 Å². The number of hydrazine groups is 1. The summed E-state index contributed by atoms with van der Waals surface area (Å²) in [4.78, 5) is 11.5. The van der Waals surface area contributed by atoms with Crippen LogP contribution in [0.4, 0.5) is 0 Å². The molecule has 106 valence electrons. The number of aromatic nitrogens is 1. The molecule has 0 aliphatic carbocycles. The molecule has 3 N–H and O–H groups in total. The highest BCUT2D eigenvalue weighted by Gasteiger charge is 2.11. The third-order valence-electron chi connectivity index (χ3n) is 3.58. The average molecular weight is 279 g/mol. The Labute approximate surface area is 123 Å². The van der Waals surface area contributed by atoms with Crippen LogP contribution < -0.4 is 11.3 Å². The molecule has 3 aromatic rings. The Bertz CT molecular complexity index is 762. The zero-order valence-corrected chi connectivity index (χ0v) is 11.6. The summed E-state index contributed by atoms with van der Waals surface area (Å²) >= 11 is 0. The van der Waals surface area contributed by atoms with Crippen molar-refractivity contribution in [2.45, 2.75) is 13.0 Å². The topological polar surface area (TPSA) is 60.0 Å². The Hall–Kier alpha value is -2.59. The number of carbonyl (C=O) groups excluding carboxylic acids is 1. The molecule has 4 nitrogen and oxygen atoms in total. The lowest BCUT2D eigenvalue weighted by Crippen LogP contribution is -2.31. The number of rotatable bonds is 4. The third kappa shape index (κ3) is 2.80. The van der Waals surface area contributed by atoms with Crippen molar-refractivity contribution in [1.29, 1.82) is 0 Å². The van der Waals surface area contributed by atoms with Gasteiger partial charge in [0.25, 0.3) is 0 Å². The number of nitrogens with two attached hydrogens (primary N) is 1. The van der Waals surface area contributed by atoms with Crippen molar-refractivity contribution in [3.05, 3.63) is 71.9 Å². The first-order valence-corrected chi connectivity index (χ1v) is 6.88. The van der Waals surface area contributed by atoms with Crippen molar-refractivity contribution in [3.63, 3.8) is 0 Å². The predicted molar refractivity (Wildman–Crippen MR) is 83.5 cm³/mol. The van der Waals surface area contributed by atoms with E-state index in [1.807, 2.05) is 42.6 Å². The normalized spacial score (nSPS) is 10.7. The fraction of sp³-hybridized carbons (Fsp3) is 0.118. The van der Waals surface area contributed by atoms with Crippen LogP contribution in [-0.2, 0) is 17.8 Å². The minimum atomic E-state index is -0.183. The minimum absolute atomic E-state index is 0.183. The summed E-state index contributed by atoms with van der Waals surface area (Å²) in [5, 5.41) is 1.09. The third-order valence-corrected chi connectivity index (χ3v) is 3.58. The molecule has 3 rings (SSSR count). The van der Waals surface area contributed by atoms with Crippen molar-refractivity contribution in [1.82, 2.24) is 9.99 Å². The van der Waals surface area contributed by atoms with Gasteiger partial charge in [0, 0.05) is 23.6 Å². The van der Waals surface area contributed by atoms with Gasteiger partial charge in [-0.25, -0.2) is 5.84 Å². The molecule has 0 bridgehead atoms. The largest absolute Gasteiger partial charge is 0.343 e. The molecule has 0 atom stereocenters. The number of hydrogen-bond donors (Lipinski definition) is 2. The summed E-state index contributed by atoms with van der Waals surface area (Å²) in [6.07, 6.45) is 2.33. The van der Waals surface area contributed by atoms with Crippen LogP contribution in [0.1, 0.15) is 11.1 Å². The number of benzene rings is 2. The molecule has 0 radical (unpaired) electrons. The van der Waals surface area contributed by atoms with E-state index in [1.165, 1.54) is 5.56 Å². The van der Waals surface area contributed by atoms with Crippen LogP contribution >= 0.6 is 0 Å². The number of amides is 1. The number of hydrogen-bond acceptors (Lipinski definition) is 2. The molecule has 0 aliphatic heterocycles. The highest BCUT2D eigenvalue weighted by atomic mass is 16.2. The highest BCUT2D eigenvalue weighted by molar-refractivity contribution is 5.89. The van der Waals surface area contributed by atoms with Gasteiger partial charge < -0.3 is 4.57 Å². The Balaban J connectivity index is 2.00. The average Bonchev–Trinajstić information content (AvgIpc) is 2.86. The summed E-state index contributed by atoms with van der Waals surface area (Å²) in [7, 11) is 0. The van der Waals surface area contributed by atoms with Gasteiger partial charge in [-0.05, 0) is 17.2 Å². The first-order chi connectivity index (χ1) is 10.3. The zero-order valence-electron chi connectivity index (χ0n) is 11.6. The van der Waals surface area contributed by atoms with Gasteiger partial charge >= 0.3 is 0 Å². The second-order valence-corrected chi connectivity index (χ2v) is 5.03. The van der Waals surface area contributed by atoms with Crippen molar-refractivity contribution < 1.29 is 4.79 Å². The lowest BCUT2D eigenvalue weighted by molar-refractivity contribution is -0.120. The van der Waals surface area contributed by atoms with Gasteiger partial charge in [0.15, 0.2) is 0 Å². The molecule has 1 heterocycles. The summed E-state index contributed by atoms with van der Waals surface area (Å²) in [5.74, 6) is 5.01. The Kier molecular flexibility index (Phi) is 3.71. The summed E-state index contributed by atoms with van der Waals surface area (Å²) in [6, 6.07) is 18.4. The highest BCUT2D eigenvalue weighted by Crippen LogP contribution is 2.22. The number of carbonyl (C=O) groups is 1. The molecule has 0 fully saturated rings. The fourth-order valence-corrected chi connectivity index (χ4v) is 2.60. The predicted octanol–water partition coefficient (Wildman–Crippen LogP) is 2.22. The van der Waals surface area contributed by atoms with Crippen LogP contribution in [-0.4, -0.2) is 10.5 Å². The second kappa shape index (κ2) is 5.81. The molecule has 1 amide bonds. The van der Waals surface area contributed by atoms with Crippen LogP contribution in [0.25, 0.3) is 10.9 Å². The van der Waals surface area contributed by atoms with E-state index >= 15 is 0 Å². The molecule has 1 aromatic heterocycles. The van der Waals surface area contributed by atoms with E-state index in [9.17, 15) is 4.79 Å². The quantitative estimate of drug-likeness (QED) is 0.437. The summed E-state index contributed by atoms with van der Waals surface area (Å²) in [5.41, 5.74) is 5.53. The van der Waals surface area contributed by atoms with E-state index < -0.39 is 0 Å². The molecule has 21 heavy (non-hydrogen) atoms. The number of nitrogens with one attached hydrogen (secondary N) is 1. The van der Waals surface area contributed by atoms with E-state index in [-0.39, 0.29) is 5.91 Å². The Morgan fingerprint density at radius 1 is 1.05 bits per heavy atom. The van der Waals surface area contributed by atoms with Crippen LogP contribution in [0, 0.1) is 0 Å². The molecular formula is C17H17N3O. The van der Waals surface area contributed by atoms with E-state index in [2.05, 4.69) is 28.2 Å². The van der Waals surface area contributed by atoms with Crippen LogP contribution in [0.3, 0.4) is 0 Å². The molecule has 0 aliphatic rings. The standard InChI is InChI=1S/C17H17N3O/c18-19-17(21)10-14-12-20(11-13-6-2-1-3-7-13)16-9-5-4-8-15(14)16/h1-9,12H,10-11,18H2,(H,19,21). The van der Waals surface area contributed by atoms with E-state index in [1.54, 1.807) is 0 Å². The van der Waals surface area contributed by atoms with E-state index in [0.717, 1.165) is 23.0 Å². The molecule has 0 spiro atoms. The van der Waals surface area contributed by atoms with Crippen LogP contribution in [0.2, 0.25) is 0 Å². The van der Waals surface area contributed by atoms with Gasteiger partial charge in [-0.15, -0.1) is 0 Å². The van der Waals surface area contributed by atoms with Crippen molar-refractivity contribution in [2.75, 3.05) is 0 Å². The van der Waals surface area contributed by atoms with E-state index in [4.69, 9.17) is 5.84 Å². The number of fused-ring (bicyclic) bond motifs is 1. The maximum absolute atomic E-state index is 11.5. The van der Waals surface area contributed by atoms with Gasteiger partial charge in [-0.2, -0.15) is 0 Å². The maximum Gasteiger partial charge on any atom is 0.238 e. The van der Waals surface area contributed by atoms with Gasteiger partial charge in [-0.1, -0.05) is 48.5 Å². The SMILES string of the molecule is NNC(=O)Cc1cn(Cc2ccccc2)c2ccccc12. The zero-order chi connectivity index (χ0) is 14.7. The molecule has 0 saturated carbocycles. The molecular weight excluding hydrogens is 262 g/mol. The van der Waals surface area contributed by atoms with Crippen LogP contribution in [0.5, 0.6) is 0 Å². The first-order valence-electron chi connectivity index (χ1n) is 6.88. The Morgan fingerprint density at radius 2 is 1.76 bits per heavy atom. The molecule has 0 unspecified atom stereocenters. The smallest absolute Gasteiger partial charge is 0.238 e. The first kappa shape index (κ1) is 13.4. The minimum Gasteiger partial charge on any atom is -0.343 e. The maximum atomic E-state index is 11.5. The van der Waals surface area contributed by atoms with Crippen molar-refractivity contribution in [2.24, 2.45) is 5.84 Å². The molecule has 0 saturated heterocycles. The monoisotopic (exact) mass is 279 g/mol. The Morgan fingerprint density at radius 3 is 2.52 bits per heavy atom. The van der Waals surface area contributed by atoms with Crippen LogP contribution in [0.15, 0.2) is 60.8 Å². The second-order valence-electron chi connectivity index (χ2n) is 5.03. The molecule has 4 heteroatoms. The number of para-hydroxylation sites is 1. The molecule has 2 aromatic carbocycles. The summed E-state index contributed by atoms with van der Waals surface area (Å²) < 4.78 is 2.17. The lowest BCUT2D eigenvalue weighted by atomic mass is 10.1. The van der Waals surface area contributed by atoms with Crippen molar-refractivity contribution in [3.8, 4) is 0 Å². The van der Waals surface area contributed by atoms with Gasteiger partial charge in [0.2, 0.25) is 5.91 Å². The fourth-order valence-electron chi connectivity index (χ4n) is 2.60. The summed E-state index contributed by atoms with van der Waals surface area (Å²) in [6.45, 7) is 0.783. The van der Waals surface area contributed by atoms with Gasteiger partial charge in [0.05, 0.1) is 6.42 Å². The van der Waals surface area contributed by atoms with E-state index in [0.29, 0.717) is 6.42 Å².